The quantitative estimate of drug-likeness (QED) is 0.698. The van der Waals surface area contributed by atoms with Crippen molar-refractivity contribution in [3.05, 3.63) is 46.5 Å². The number of carbonyl (C=O) groups is 1. The molecule has 0 spiro atoms. The first kappa shape index (κ1) is 17.0. The van der Waals surface area contributed by atoms with Crippen molar-refractivity contribution in [2.45, 2.75) is 13.0 Å². The summed E-state index contributed by atoms with van der Waals surface area (Å²) in [6, 6.07) is 7.37. The van der Waals surface area contributed by atoms with Crippen LogP contribution in [-0.4, -0.2) is 30.3 Å². The molecule has 1 N–H and O–H groups in total. The maximum Gasteiger partial charge on any atom is 0.248 e. The van der Waals surface area contributed by atoms with Crippen molar-refractivity contribution in [3.63, 3.8) is 0 Å². The minimum atomic E-state index is -0.199. The molecule has 0 unspecified atom stereocenters. The fourth-order valence-corrected chi connectivity index (χ4v) is 2.85. The molecule has 0 saturated heterocycles. The second kappa shape index (κ2) is 7.80. The summed E-state index contributed by atoms with van der Waals surface area (Å²) in [5, 5.41) is 14.5. The highest BCUT2D eigenvalue weighted by Crippen LogP contribution is 2.27. The van der Waals surface area contributed by atoms with Crippen molar-refractivity contribution in [2.24, 2.45) is 0 Å². The van der Waals surface area contributed by atoms with E-state index in [1.54, 1.807) is 31.6 Å². The third-order valence-electron chi connectivity index (χ3n) is 3.48. The van der Waals surface area contributed by atoms with Gasteiger partial charge in [0.2, 0.25) is 17.7 Å². The average Bonchev–Trinajstić information content (AvgIpc) is 3.31. The smallest absolute Gasteiger partial charge is 0.248 e. The van der Waals surface area contributed by atoms with Crippen LogP contribution in [0.5, 0.6) is 11.5 Å². The Morgan fingerprint density at radius 2 is 2.04 bits per heavy atom. The first-order valence-electron chi connectivity index (χ1n) is 7.52. The predicted octanol–water partition coefficient (Wildman–Crippen LogP) is 2.67. The maximum atomic E-state index is 12.1. The number of hydrogen-bond donors (Lipinski definition) is 1. The van der Waals surface area contributed by atoms with Gasteiger partial charge in [-0.3, -0.25) is 4.79 Å². The molecule has 0 atom stereocenters. The van der Waals surface area contributed by atoms with E-state index < -0.39 is 0 Å². The third kappa shape index (κ3) is 4.16. The SMILES string of the molecule is COc1ccc(CNC(=O)Cc2nnc(-c3ccsc3)o2)cc1OC. The Morgan fingerprint density at radius 3 is 2.76 bits per heavy atom. The molecule has 2 heterocycles. The van der Waals surface area contributed by atoms with Gasteiger partial charge < -0.3 is 19.2 Å². The molecular weight excluding hydrogens is 342 g/mol. The first-order valence-corrected chi connectivity index (χ1v) is 8.46. The monoisotopic (exact) mass is 359 g/mol. The number of rotatable bonds is 7. The number of ether oxygens (including phenoxy) is 2. The summed E-state index contributed by atoms with van der Waals surface area (Å²) in [7, 11) is 3.15. The van der Waals surface area contributed by atoms with Crippen molar-refractivity contribution in [2.75, 3.05) is 14.2 Å². The van der Waals surface area contributed by atoms with Gasteiger partial charge in [-0.15, -0.1) is 10.2 Å². The number of methoxy groups -OCH3 is 2. The number of carbonyl (C=O) groups excluding carboxylic acids is 1. The molecule has 3 aromatic rings. The number of nitrogens with zero attached hydrogens (tertiary/aromatic N) is 2. The highest BCUT2D eigenvalue weighted by molar-refractivity contribution is 7.08. The van der Waals surface area contributed by atoms with E-state index in [9.17, 15) is 4.79 Å². The minimum Gasteiger partial charge on any atom is -0.493 e. The molecule has 1 aromatic carbocycles. The van der Waals surface area contributed by atoms with Crippen LogP contribution in [0.1, 0.15) is 11.5 Å². The molecule has 1 amide bonds. The van der Waals surface area contributed by atoms with E-state index in [4.69, 9.17) is 13.9 Å². The summed E-state index contributed by atoms with van der Waals surface area (Å²) in [5.74, 6) is 1.77. The number of thiophene rings is 1. The molecule has 0 saturated carbocycles. The average molecular weight is 359 g/mol. The van der Waals surface area contributed by atoms with E-state index >= 15 is 0 Å². The topological polar surface area (TPSA) is 86.5 Å². The Balaban J connectivity index is 1.56. The van der Waals surface area contributed by atoms with Crippen molar-refractivity contribution >= 4 is 17.2 Å². The van der Waals surface area contributed by atoms with E-state index in [1.165, 1.54) is 0 Å². The van der Waals surface area contributed by atoms with E-state index in [-0.39, 0.29) is 18.2 Å². The van der Waals surface area contributed by atoms with E-state index in [2.05, 4.69) is 15.5 Å². The van der Waals surface area contributed by atoms with Gasteiger partial charge in [-0.05, 0) is 29.1 Å². The lowest BCUT2D eigenvalue weighted by atomic mass is 10.2. The summed E-state index contributed by atoms with van der Waals surface area (Å²) < 4.78 is 15.9. The highest BCUT2D eigenvalue weighted by Gasteiger charge is 2.13. The molecular formula is C17H17N3O4S. The van der Waals surface area contributed by atoms with E-state index in [0.717, 1.165) is 11.1 Å². The van der Waals surface area contributed by atoms with Crippen LogP contribution < -0.4 is 14.8 Å². The van der Waals surface area contributed by atoms with Crippen LogP contribution in [0.25, 0.3) is 11.5 Å². The number of benzene rings is 1. The Kier molecular flexibility index (Phi) is 5.30. The Hall–Kier alpha value is -2.87. The highest BCUT2D eigenvalue weighted by atomic mass is 32.1. The van der Waals surface area contributed by atoms with Gasteiger partial charge in [-0.1, -0.05) is 6.07 Å². The Labute approximate surface area is 148 Å². The molecule has 0 aliphatic rings. The van der Waals surface area contributed by atoms with Gasteiger partial charge in [0.15, 0.2) is 11.5 Å². The van der Waals surface area contributed by atoms with Crippen molar-refractivity contribution in [1.82, 2.24) is 15.5 Å². The molecule has 8 heteroatoms. The van der Waals surface area contributed by atoms with Crippen LogP contribution in [0.4, 0.5) is 0 Å². The molecule has 3 rings (SSSR count). The van der Waals surface area contributed by atoms with Crippen molar-refractivity contribution < 1.29 is 18.7 Å². The molecule has 7 nitrogen and oxygen atoms in total. The van der Waals surface area contributed by atoms with Crippen LogP contribution in [0, 0.1) is 0 Å². The fourth-order valence-electron chi connectivity index (χ4n) is 2.22. The number of nitrogens with one attached hydrogen (secondary N) is 1. The van der Waals surface area contributed by atoms with Gasteiger partial charge in [0.05, 0.1) is 14.2 Å². The second-order valence-electron chi connectivity index (χ2n) is 5.16. The number of aromatic nitrogens is 2. The Morgan fingerprint density at radius 1 is 1.20 bits per heavy atom. The van der Waals surface area contributed by atoms with Crippen LogP contribution in [0.3, 0.4) is 0 Å². The van der Waals surface area contributed by atoms with Gasteiger partial charge in [-0.2, -0.15) is 11.3 Å². The standard InChI is InChI=1S/C17H17N3O4S/c1-22-13-4-3-11(7-14(13)23-2)9-18-15(21)8-16-19-20-17(24-16)12-5-6-25-10-12/h3-7,10H,8-9H2,1-2H3,(H,18,21). The molecule has 2 aromatic heterocycles. The Bertz CT molecular complexity index is 845. The minimum absolute atomic E-state index is 0.0322. The van der Waals surface area contributed by atoms with Crippen LogP contribution in [0.15, 0.2) is 39.4 Å². The zero-order valence-corrected chi connectivity index (χ0v) is 14.6. The van der Waals surface area contributed by atoms with Gasteiger partial charge in [0, 0.05) is 17.5 Å². The normalized spacial score (nSPS) is 10.5. The lowest BCUT2D eigenvalue weighted by molar-refractivity contribution is -0.120. The largest absolute Gasteiger partial charge is 0.493 e. The predicted molar refractivity (Wildman–Crippen MR) is 92.7 cm³/mol. The van der Waals surface area contributed by atoms with Crippen molar-refractivity contribution in [3.8, 4) is 23.0 Å². The lowest BCUT2D eigenvalue weighted by Crippen LogP contribution is -2.24. The molecule has 0 aliphatic heterocycles. The molecule has 25 heavy (non-hydrogen) atoms. The second-order valence-corrected chi connectivity index (χ2v) is 5.94. The molecule has 0 aliphatic carbocycles. The van der Waals surface area contributed by atoms with Gasteiger partial charge in [0.1, 0.15) is 6.42 Å². The maximum absolute atomic E-state index is 12.1. The zero-order valence-electron chi connectivity index (χ0n) is 13.8. The van der Waals surface area contributed by atoms with Crippen LogP contribution in [0.2, 0.25) is 0 Å². The summed E-state index contributed by atoms with van der Waals surface area (Å²) in [6.45, 7) is 0.366. The van der Waals surface area contributed by atoms with Crippen molar-refractivity contribution in [1.29, 1.82) is 0 Å². The van der Waals surface area contributed by atoms with E-state index in [0.29, 0.717) is 23.9 Å². The third-order valence-corrected chi connectivity index (χ3v) is 4.17. The molecule has 0 fully saturated rings. The first-order chi connectivity index (χ1) is 12.2. The summed E-state index contributed by atoms with van der Waals surface area (Å²) in [4.78, 5) is 12.1. The lowest BCUT2D eigenvalue weighted by Gasteiger charge is -2.10. The molecule has 0 bridgehead atoms. The van der Waals surface area contributed by atoms with Crippen LogP contribution >= 0.6 is 11.3 Å². The number of hydrogen-bond acceptors (Lipinski definition) is 7. The van der Waals surface area contributed by atoms with E-state index in [1.807, 2.05) is 29.0 Å². The van der Waals surface area contributed by atoms with Gasteiger partial charge in [-0.25, -0.2) is 0 Å². The summed E-state index contributed by atoms with van der Waals surface area (Å²) in [5.41, 5.74) is 1.75. The molecule has 0 radical (unpaired) electrons. The van der Waals surface area contributed by atoms with Gasteiger partial charge in [0.25, 0.3) is 0 Å². The molecule has 130 valence electrons. The van der Waals surface area contributed by atoms with Crippen LogP contribution in [-0.2, 0) is 17.8 Å². The van der Waals surface area contributed by atoms with Gasteiger partial charge >= 0.3 is 0 Å². The summed E-state index contributed by atoms with van der Waals surface area (Å²) >= 11 is 1.54. The summed E-state index contributed by atoms with van der Waals surface area (Å²) in [6.07, 6.45) is 0.0322. The zero-order chi connectivity index (χ0) is 17.6. The fraction of sp³-hybridized carbons (Fsp3) is 0.235. The number of amides is 1.